The zero-order valence-electron chi connectivity index (χ0n) is 13.3. The maximum absolute atomic E-state index is 2.69. The summed E-state index contributed by atoms with van der Waals surface area (Å²) in [5, 5.41) is 0. The molecule has 2 heteroatoms. The van der Waals surface area contributed by atoms with Crippen LogP contribution in [0.15, 0.2) is 30.3 Å². The molecule has 2 aliphatic rings. The van der Waals surface area contributed by atoms with Gasteiger partial charge in [0.25, 0.3) is 0 Å². The lowest BCUT2D eigenvalue weighted by Gasteiger charge is -2.34. The van der Waals surface area contributed by atoms with Gasteiger partial charge in [0.05, 0.1) is 0 Å². The second-order valence-electron chi connectivity index (χ2n) is 6.88. The molecule has 0 radical (unpaired) electrons. The smallest absolute Gasteiger partial charge is 0.0109 e. The van der Waals surface area contributed by atoms with E-state index in [1.165, 1.54) is 83.4 Å². The molecule has 0 aliphatic carbocycles. The van der Waals surface area contributed by atoms with Gasteiger partial charge in [0.1, 0.15) is 0 Å². The fraction of sp³-hybridized carbons (Fsp3) is 0.684. The van der Waals surface area contributed by atoms with Gasteiger partial charge in [0.15, 0.2) is 0 Å². The zero-order valence-corrected chi connectivity index (χ0v) is 13.3. The summed E-state index contributed by atoms with van der Waals surface area (Å²) in [6, 6.07) is 11.0. The van der Waals surface area contributed by atoms with Gasteiger partial charge >= 0.3 is 0 Å². The second kappa shape index (κ2) is 7.95. The normalized spacial score (nSPS) is 22.5. The molecule has 0 atom stereocenters. The summed E-state index contributed by atoms with van der Waals surface area (Å²) in [7, 11) is 0. The molecular weight excluding hydrogens is 256 g/mol. The quantitative estimate of drug-likeness (QED) is 0.818. The van der Waals surface area contributed by atoms with Crippen LogP contribution in [0.3, 0.4) is 0 Å². The summed E-state index contributed by atoms with van der Waals surface area (Å²) in [6.07, 6.45) is 8.32. The molecule has 0 unspecified atom stereocenters. The maximum atomic E-state index is 2.69. The van der Waals surface area contributed by atoms with Crippen molar-refractivity contribution < 1.29 is 0 Å². The molecule has 1 aromatic carbocycles. The van der Waals surface area contributed by atoms with E-state index in [9.17, 15) is 0 Å². The minimum Gasteiger partial charge on any atom is -0.302 e. The van der Waals surface area contributed by atoms with E-state index in [2.05, 4.69) is 40.1 Å². The minimum absolute atomic E-state index is 0.902. The highest BCUT2D eigenvalue weighted by molar-refractivity contribution is 5.15. The first kappa shape index (κ1) is 15.1. The van der Waals surface area contributed by atoms with E-state index in [-0.39, 0.29) is 0 Å². The van der Waals surface area contributed by atoms with E-state index in [1.54, 1.807) is 0 Å². The van der Waals surface area contributed by atoms with Crippen LogP contribution in [0.4, 0.5) is 0 Å². The van der Waals surface area contributed by atoms with Crippen molar-refractivity contribution in [1.82, 2.24) is 9.80 Å². The van der Waals surface area contributed by atoms with Gasteiger partial charge < -0.3 is 9.80 Å². The summed E-state index contributed by atoms with van der Waals surface area (Å²) in [5.41, 5.74) is 1.52. The molecule has 2 fully saturated rings. The van der Waals surface area contributed by atoms with Gasteiger partial charge in [0, 0.05) is 13.1 Å². The van der Waals surface area contributed by atoms with Crippen molar-refractivity contribution >= 4 is 0 Å². The molecule has 2 heterocycles. The third-order valence-corrected chi connectivity index (χ3v) is 5.26. The van der Waals surface area contributed by atoms with Crippen LogP contribution in [0.1, 0.15) is 37.7 Å². The predicted molar refractivity (Wildman–Crippen MR) is 89.6 cm³/mol. The van der Waals surface area contributed by atoms with Crippen molar-refractivity contribution in [1.29, 1.82) is 0 Å². The summed E-state index contributed by atoms with van der Waals surface area (Å²) in [6.45, 7) is 7.88. The van der Waals surface area contributed by atoms with Gasteiger partial charge in [-0.25, -0.2) is 0 Å². The minimum atomic E-state index is 0.902. The molecule has 0 bridgehead atoms. The Labute approximate surface area is 130 Å². The Kier molecular flexibility index (Phi) is 5.70. The van der Waals surface area contributed by atoms with Crippen LogP contribution in [0.2, 0.25) is 0 Å². The van der Waals surface area contributed by atoms with E-state index in [0.29, 0.717) is 0 Å². The van der Waals surface area contributed by atoms with Crippen LogP contribution in [-0.4, -0.2) is 49.1 Å². The molecule has 0 N–H and O–H groups in total. The molecule has 2 saturated heterocycles. The number of hydrogen-bond acceptors (Lipinski definition) is 2. The van der Waals surface area contributed by atoms with Crippen molar-refractivity contribution in [2.75, 3.05) is 39.3 Å². The summed E-state index contributed by atoms with van der Waals surface area (Å²) in [5.74, 6) is 0.902. The van der Waals surface area contributed by atoms with E-state index < -0.39 is 0 Å². The number of hydrogen-bond donors (Lipinski definition) is 0. The first-order chi connectivity index (χ1) is 10.4. The fourth-order valence-corrected chi connectivity index (χ4v) is 3.83. The van der Waals surface area contributed by atoms with Crippen LogP contribution in [0, 0.1) is 5.92 Å². The Morgan fingerprint density at radius 2 is 1.38 bits per heavy atom. The second-order valence-corrected chi connectivity index (χ2v) is 6.88. The third kappa shape index (κ3) is 4.82. The van der Waals surface area contributed by atoms with E-state index in [4.69, 9.17) is 0 Å². The van der Waals surface area contributed by atoms with Gasteiger partial charge in [-0.1, -0.05) is 36.8 Å². The van der Waals surface area contributed by atoms with Crippen molar-refractivity contribution in [3.05, 3.63) is 35.9 Å². The van der Waals surface area contributed by atoms with Crippen LogP contribution in [-0.2, 0) is 6.42 Å². The highest BCUT2D eigenvalue weighted by Crippen LogP contribution is 2.21. The lowest BCUT2D eigenvalue weighted by atomic mass is 9.90. The highest BCUT2D eigenvalue weighted by Gasteiger charge is 2.20. The molecule has 0 aromatic heterocycles. The van der Waals surface area contributed by atoms with Crippen molar-refractivity contribution in [2.24, 2.45) is 5.92 Å². The lowest BCUT2D eigenvalue weighted by Crippen LogP contribution is -2.41. The monoisotopic (exact) mass is 286 g/mol. The molecule has 1 aromatic rings. The molecule has 2 aliphatic heterocycles. The number of nitrogens with zero attached hydrogens (tertiary/aromatic N) is 2. The topological polar surface area (TPSA) is 6.48 Å². The van der Waals surface area contributed by atoms with Crippen LogP contribution in [0.25, 0.3) is 0 Å². The van der Waals surface area contributed by atoms with E-state index in [0.717, 1.165) is 5.92 Å². The number of rotatable bonds is 5. The molecule has 0 spiro atoms. The molecule has 116 valence electrons. The molecule has 3 rings (SSSR count). The van der Waals surface area contributed by atoms with Crippen LogP contribution < -0.4 is 0 Å². The first-order valence-corrected chi connectivity index (χ1v) is 8.89. The Morgan fingerprint density at radius 3 is 2.05 bits per heavy atom. The number of benzene rings is 1. The highest BCUT2D eigenvalue weighted by atomic mass is 15.2. The maximum Gasteiger partial charge on any atom is 0.0109 e. The van der Waals surface area contributed by atoms with Gasteiger partial charge in [-0.2, -0.15) is 0 Å². The average molecular weight is 286 g/mol. The molecular formula is C19H30N2. The first-order valence-electron chi connectivity index (χ1n) is 8.89. The Bertz CT molecular complexity index is 389. The van der Waals surface area contributed by atoms with Gasteiger partial charge in [-0.15, -0.1) is 0 Å². The van der Waals surface area contributed by atoms with Crippen LogP contribution >= 0.6 is 0 Å². The van der Waals surface area contributed by atoms with Crippen molar-refractivity contribution in [2.45, 2.75) is 38.5 Å². The van der Waals surface area contributed by atoms with Crippen molar-refractivity contribution in [3.63, 3.8) is 0 Å². The van der Waals surface area contributed by atoms with Crippen LogP contribution in [0.5, 0.6) is 0 Å². The van der Waals surface area contributed by atoms with Gasteiger partial charge in [0.2, 0.25) is 0 Å². The predicted octanol–water partition coefficient (Wildman–Crippen LogP) is 3.43. The lowest BCUT2D eigenvalue weighted by molar-refractivity contribution is 0.145. The van der Waals surface area contributed by atoms with E-state index >= 15 is 0 Å². The van der Waals surface area contributed by atoms with Gasteiger partial charge in [-0.05, 0) is 69.8 Å². The summed E-state index contributed by atoms with van der Waals surface area (Å²) >= 11 is 0. The number of piperidine rings is 2. The summed E-state index contributed by atoms with van der Waals surface area (Å²) in [4.78, 5) is 5.36. The molecule has 0 saturated carbocycles. The molecule has 0 amide bonds. The largest absolute Gasteiger partial charge is 0.302 e. The Hall–Kier alpha value is -0.860. The standard InChI is InChI=1S/C19H30N2/c1-3-7-18(8-4-1)17-19-9-13-21(14-10-19)16-15-20-11-5-2-6-12-20/h1,3-4,7-8,19H,2,5-6,9-17H2. The zero-order chi connectivity index (χ0) is 14.3. The Balaban J connectivity index is 1.35. The molecule has 21 heavy (non-hydrogen) atoms. The SMILES string of the molecule is c1ccc(CC2CCN(CCN3CCCCC3)CC2)cc1. The average Bonchev–Trinajstić information content (AvgIpc) is 2.56. The number of likely N-dealkylation sites (tertiary alicyclic amines) is 2. The fourth-order valence-electron chi connectivity index (χ4n) is 3.83. The summed E-state index contributed by atoms with van der Waals surface area (Å²) < 4.78 is 0. The Morgan fingerprint density at radius 1 is 0.762 bits per heavy atom. The van der Waals surface area contributed by atoms with Crippen molar-refractivity contribution in [3.8, 4) is 0 Å². The molecule has 2 nitrogen and oxygen atoms in total. The van der Waals surface area contributed by atoms with Gasteiger partial charge in [-0.3, -0.25) is 0 Å². The van der Waals surface area contributed by atoms with E-state index in [1.807, 2.05) is 0 Å². The third-order valence-electron chi connectivity index (χ3n) is 5.26.